The van der Waals surface area contributed by atoms with Crippen LogP contribution in [0.5, 0.6) is 5.75 Å². The highest BCUT2D eigenvalue weighted by atomic mass is 16.5. The number of benzene rings is 3. The molecule has 4 rings (SSSR count). The summed E-state index contributed by atoms with van der Waals surface area (Å²) in [6.07, 6.45) is -0.776. The molecule has 1 aromatic heterocycles. The lowest BCUT2D eigenvalue weighted by Gasteiger charge is -2.07. The van der Waals surface area contributed by atoms with Crippen molar-refractivity contribution in [2.45, 2.75) is 12.7 Å². The van der Waals surface area contributed by atoms with Gasteiger partial charge in [-0.1, -0.05) is 60.7 Å². The number of nitrogens with zero attached hydrogens (tertiary/aromatic N) is 1. The number of aromatic nitrogens is 2. The normalized spacial score (nSPS) is 12.2. The molecule has 0 bridgehead atoms. The molecule has 3 aromatic carbocycles. The maximum absolute atomic E-state index is 10.5. The van der Waals surface area contributed by atoms with E-state index in [2.05, 4.69) is 9.97 Å². The van der Waals surface area contributed by atoms with Crippen molar-refractivity contribution in [3.8, 4) is 5.75 Å². The van der Waals surface area contributed by atoms with E-state index in [0.29, 0.717) is 12.4 Å². The molecule has 25 heavy (non-hydrogen) atoms. The standard InChI is InChI=1S/C21H18N2O2/c24-20(16-9-5-2-6-10-16)21-22-18-12-11-17(13-19(18)23-21)25-14-15-7-3-1-4-8-15/h1-13,20,24H,14H2,(H,22,23). The quantitative estimate of drug-likeness (QED) is 0.576. The molecule has 0 aliphatic carbocycles. The number of hydrogen-bond acceptors (Lipinski definition) is 3. The fourth-order valence-corrected chi connectivity index (χ4v) is 2.76. The van der Waals surface area contributed by atoms with E-state index >= 15 is 0 Å². The number of rotatable bonds is 5. The fraction of sp³-hybridized carbons (Fsp3) is 0.0952. The van der Waals surface area contributed by atoms with Crippen LogP contribution < -0.4 is 4.74 Å². The van der Waals surface area contributed by atoms with E-state index in [-0.39, 0.29) is 0 Å². The van der Waals surface area contributed by atoms with Crippen molar-refractivity contribution in [2.75, 3.05) is 0 Å². The topological polar surface area (TPSA) is 58.1 Å². The van der Waals surface area contributed by atoms with Gasteiger partial charge in [-0.25, -0.2) is 4.98 Å². The van der Waals surface area contributed by atoms with Crippen molar-refractivity contribution < 1.29 is 9.84 Å². The van der Waals surface area contributed by atoms with Crippen LogP contribution in [-0.2, 0) is 6.61 Å². The van der Waals surface area contributed by atoms with Crippen molar-refractivity contribution in [3.05, 3.63) is 95.8 Å². The van der Waals surface area contributed by atoms with Gasteiger partial charge in [0, 0.05) is 6.07 Å². The molecule has 0 spiro atoms. The van der Waals surface area contributed by atoms with Gasteiger partial charge in [0.05, 0.1) is 11.0 Å². The predicted octanol–water partition coefficient (Wildman–Crippen LogP) is 4.22. The van der Waals surface area contributed by atoms with Crippen molar-refractivity contribution in [1.82, 2.24) is 9.97 Å². The molecular formula is C21H18N2O2. The highest BCUT2D eigenvalue weighted by Crippen LogP contribution is 2.25. The number of fused-ring (bicyclic) bond motifs is 1. The molecule has 124 valence electrons. The minimum absolute atomic E-state index is 0.514. The summed E-state index contributed by atoms with van der Waals surface area (Å²) in [4.78, 5) is 7.68. The van der Waals surface area contributed by atoms with Crippen molar-refractivity contribution >= 4 is 11.0 Å². The van der Waals surface area contributed by atoms with Crippen LogP contribution in [0.2, 0.25) is 0 Å². The largest absolute Gasteiger partial charge is 0.489 e. The Kier molecular flexibility index (Phi) is 4.19. The highest BCUT2D eigenvalue weighted by molar-refractivity contribution is 5.77. The Morgan fingerprint density at radius 3 is 2.40 bits per heavy atom. The average molecular weight is 330 g/mol. The molecular weight excluding hydrogens is 312 g/mol. The first-order valence-corrected chi connectivity index (χ1v) is 8.19. The van der Waals surface area contributed by atoms with Gasteiger partial charge in [-0.05, 0) is 23.3 Å². The minimum atomic E-state index is -0.776. The monoisotopic (exact) mass is 330 g/mol. The molecule has 0 saturated carbocycles. The number of H-pyrrole nitrogens is 1. The molecule has 4 aromatic rings. The van der Waals surface area contributed by atoms with E-state index in [1.807, 2.05) is 78.9 Å². The van der Waals surface area contributed by atoms with E-state index in [9.17, 15) is 5.11 Å². The summed E-state index contributed by atoms with van der Waals surface area (Å²) in [5.74, 6) is 1.29. The first-order valence-electron chi connectivity index (χ1n) is 8.19. The summed E-state index contributed by atoms with van der Waals surface area (Å²) in [7, 11) is 0. The van der Waals surface area contributed by atoms with Crippen LogP contribution in [0.25, 0.3) is 11.0 Å². The van der Waals surface area contributed by atoms with Gasteiger partial charge in [-0.15, -0.1) is 0 Å². The molecule has 1 atom stereocenters. The zero-order chi connectivity index (χ0) is 17.1. The Morgan fingerprint density at radius 2 is 1.64 bits per heavy atom. The van der Waals surface area contributed by atoms with Gasteiger partial charge in [-0.2, -0.15) is 0 Å². The van der Waals surface area contributed by atoms with Gasteiger partial charge in [0.1, 0.15) is 24.3 Å². The van der Waals surface area contributed by atoms with Gasteiger partial charge in [0.25, 0.3) is 0 Å². The van der Waals surface area contributed by atoms with E-state index < -0.39 is 6.10 Å². The van der Waals surface area contributed by atoms with E-state index in [1.54, 1.807) is 0 Å². The Bertz CT molecular complexity index is 965. The van der Waals surface area contributed by atoms with Crippen LogP contribution in [0.4, 0.5) is 0 Å². The summed E-state index contributed by atoms with van der Waals surface area (Å²) in [5.41, 5.74) is 3.57. The van der Waals surface area contributed by atoms with Crippen molar-refractivity contribution in [2.24, 2.45) is 0 Å². The second-order valence-corrected chi connectivity index (χ2v) is 5.89. The van der Waals surface area contributed by atoms with Crippen LogP contribution in [0.1, 0.15) is 23.1 Å². The zero-order valence-electron chi connectivity index (χ0n) is 13.6. The molecule has 4 heteroatoms. The number of aromatic amines is 1. The molecule has 0 aliphatic rings. The summed E-state index contributed by atoms with van der Waals surface area (Å²) >= 11 is 0. The van der Waals surface area contributed by atoms with E-state index in [4.69, 9.17) is 4.74 Å². The number of nitrogens with one attached hydrogen (secondary N) is 1. The molecule has 0 radical (unpaired) electrons. The number of aliphatic hydroxyl groups excluding tert-OH is 1. The number of hydrogen-bond donors (Lipinski definition) is 2. The zero-order valence-corrected chi connectivity index (χ0v) is 13.6. The first-order chi connectivity index (χ1) is 12.3. The van der Waals surface area contributed by atoms with E-state index in [0.717, 1.165) is 27.9 Å². The van der Waals surface area contributed by atoms with Crippen LogP contribution in [0, 0.1) is 0 Å². The number of imidazole rings is 1. The summed E-state index contributed by atoms with van der Waals surface area (Å²) in [6, 6.07) is 25.2. The third-order valence-electron chi connectivity index (χ3n) is 4.09. The van der Waals surface area contributed by atoms with Crippen LogP contribution in [-0.4, -0.2) is 15.1 Å². The third kappa shape index (κ3) is 3.39. The Balaban J connectivity index is 1.55. The predicted molar refractivity (Wildman–Crippen MR) is 97.4 cm³/mol. The summed E-state index contributed by atoms with van der Waals surface area (Å²) in [5, 5.41) is 10.5. The van der Waals surface area contributed by atoms with Crippen LogP contribution in [0.15, 0.2) is 78.9 Å². The maximum Gasteiger partial charge on any atom is 0.140 e. The van der Waals surface area contributed by atoms with Crippen molar-refractivity contribution in [1.29, 1.82) is 0 Å². The lowest BCUT2D eigenvalue weighted by atomic mass is 10.1. The van der Waals surface area contributed by atoms with Crippen LogP contribution in [0.3, 0.4) is 0 Å². The molecule has 1 unspecified atom stereocenters. The maximum atomic E-state index is 10.5. The second-order valence-electron chi connectivity index (χ2n) is 5.89. The fourth-order valence-electron chi connectivity index (χ4n) is 2.76. The Morgan fingerprint density at radius 1 is 0.920 bits per heavy atom. The summed E-state index contributed by atoms with van der Waals surface area (Å²) in [6.45, 7) is 0.514. The van der Waals surface area contributed by atoms with Gasteiger partial charge in [0.15, 0.2) is 0 Å². The third-order valence-corrected chi connectivity index (χ3v) is 4.09. The molecule has 0 fully saturated rings. The average Bonchev–Trinajstić information content (AvgIpc) is 3.10. The number of ether oxygens (including phenoxy) is 1. The van der Waals surface area contributed by atoms with Crippen LogP contribution >= 0.6 is 0 Å². The SMILES string of the molecule is OC(c1ccccc1)c1nc2ccc(OCc3ccccc3)cc2[nH]1. The molecule has 0 aliphatic heterocycles. The molecule has 4 nitrogen and oxygen atoms in total. The lowest BCUT2D eigenvalue weighted by Crippen LogP contribution is -2.01. The van der Waals surface area contributed by atoms with Gasteiger partial charge < -0.3 is 14.8 Å². The smallest absolute Gasteiger partial charge is 0.140 e. The Labute approximate surface area is 145 Å². The van der Waals surface area contributed by atoms with E-state index in [1.165, 1.54) is 0 Å². The molecule has 0 saturated heterocycles. The molecule has 1 heterocycles. The highest BCUT2D eigenvalue weighted by Gasteiger charge is 2.14. The van der Waals surface area contributed by atoms with Gasteiger partial charge in [0.2, 0.25) is 0 Å². The number of aliphatic hydroxyl groups is 1. The van der Waals surface area contributed by atoms with Gasteiger partial charge in [-0.3, -0.25) is 0 Å². The minimum Gasteiger partial charge on any atom is -0.489 e. The summed E-state index contributed by atoms with van der Waals surface area (Å²) < 4.78 is 5.84. The molecule has 0 amide bonds. The second kappa shape index (κ2) is 6.79. The molecule has 2 N–H and O–H groups in total. The van der Waals surface area contributed by atoms with Crippen molar-refractivity contribution in [3.63, 3.8) is 0 Å². The first kappa shape index (κ1) is 15.4. The van der Waals surface area contributed by atoms with Gasteiger partial charge >= 0.3 is 0 Å². The lowest BCUT2D eigenvalue weighted by molar-refractivity contribution is 0.211. The Hall–Kier alpha value is -3.11.